The van der Waals surface area contributed by atoms with Crippen molar-refractivity contribution in [2.75, 3.05) is 7.11 Å². The Labute approximate surface area is 206 Å². The van der Waals surface area contributed by atoms with Crippen molar-refractivity contribution in [2.24, 2.45) is 5.92 Å². The van der Waals surface area contributed by atoms with Crippen molar-refractivity contribution in [1.82, 2.24) is 0 Å². The number of rotatable bonds is 10. The van der Waals surface area contributed by atoms with E-state index >= 15 is 0 Å². The first kappa shape index (κ1) is 27.7. The summed E-state index contributed by atoms with van der Waals surface area (Å²) in [6.45, 7) is 5.63. The molecule has 2 aliphatic rings. The summed E-state index contributed by atoms with van der Waals surface area (Å²) < 4.78 is 15.2. The minimum atomic E-state index is -3.56. The number of hydrogen-bond donors (Lipinski definition) is 6. The van der Waals surface area contributed by atoms with Gasteiger partial charge in [0.25, 0.3) is 0 Å². The lowest BCUT2D eigenvalue weighted by Gasteiger charge is -2.49. The van der Waals surface area contributed by atoms with E-state index in [0.29, 0.717) is 6.42 Å². The first-order valence-electron chi connectivity index (χ1n) is 11.2. The summed E-state index contributed by atoms with van der Waals surface area (Å²) in [6, 6.07) is 9.36. The first-order valence-corrected chi connectivity index (χ1v) is 11.2. The maximum atomic E-state index is 12.4. The molecular weight excluding hydrogens is 480 g/mol. The number of ether oxygens (including phenoxy) is 3. The Kier molecular flexibility index (Phi) is 7.61. The molecule has 2 fully saturated rings. The van der Waals surface area contributed by atoms with Crippen LogP contribution >= 0.6 is 0 Å². The van der Waals surface area contributed by atoms with Crippen molar-refractivity contribution < 1.29 is 59.2 Å². The molecule has 12 nitrogen and oxygen atoms in total. The fourth-order valence-corrected chi connectivity index (χ4v) is 4.95. The third-order valence-electron chi connectivity index (χ3n) is 6.95. The summed E-state index contributed by atoms with van der Waals surface area (Å²) in [5.74, 6) is -8.59. The molecule has 8 atom stereocenters. The van der Waals surface area contributed by atoms with Gasteiger partial charge in [0.2, 0.25) is 17.3 Å². The zero-order chi connectivity index (χ0) is 27.1. The van der Waals surface area contributed by atoms with Gasteiger partial charge in [-0.3, -0.25) is 0 Å². The Morgan fingerprint density at radius 3 is 2.28 bits per heavy atom. The smallest absolute Gasteiger partial charge is 0.345 e. The zero-order valence-corrected chi connectivity index (χ0v) is 19.7. The van der Waals surface area contributed by atoms with Gasteiger partial charge in [-0.1, -0.05) is 43.8 Å². The molecular formula is C24H30O12. The van der Waals surface area contributed by atoms with Crippen LogP contribution in [0.2, 0.25) is 0 Å². The van der Waals surface area contributed by atoms with Crippen molar-refractivity contribution in [3.8, 4) is 0 Å². The van der Waals surface area contributed by atoms with E-state index < -0.39 is 65.7 Å². The molecule has 1 aromatic rings. The summed E-state index contributed by atoms with van der Waals surface area (Å²) in [5, 5.41) is 62.8. The number of benzene rings is 1. The number of aliphatic hydroxyl groups excluding tert-OH is 3. The van der Waals surface area contributed by atoms with Crippen LogP contribution in [0.3, 0.4) is 0 Å². The molecule has 3 rings (SSSR count). The average Bonchev–Trinajstić information content (AvgIpc) is 3.05. The predicted octanol–water partition coefficient (Wildman–Crippen LogP) is -0.778. The molecule has 2 aliphatic heterocycles. The van der Waals surface area contributed by atoms with Gasteiger partial charge in [-0.05, 0) is 29.9 Å². The maximum absolute atomic E-state index is 12.4. The van der Waals surface area contributed by atoms with Gasteiger partial charge in [0.05, 0.1) is 13.2 Å². The van der Waals surface area contributed by atoms with Crippen LogP contribution in [0.5, 0.6) is 0 Å². The summed E-state index contributed by atoms with van der Waals surface area (Å²) in [4.78, 5) is 36.7. The summed E-state index contributed by atoms with van der Waals surface area (Å²) in [6.07, 6.45) is -8.41. The fourth-order valence-electron chi connectivity index (χ4n) is 4.95. The highest BCUT2D eigenvalue weighted by molar-refractivity contribution is 5.98. The molecule has 198 valence electrons. The third kappa shape index (κ3) is 4.09. The van der Waals surface area contributed by atoms with Gasteiger partial charge in [-0.15, -0.1) is 0 Å². The van der Waals surface area contributed by atoms with Crippen molar-refractivity contribution in [1.29, 1.82) is 0 Å². The average molecular weight is 510 g/mol. The third-order valence-corrected chi connectivity index (χ3v) is 6.95. The lowest BCUT2D eigenvalue weighted by atomic mass is 9.74. The topological polar surface area (TPSA) is 200 Å². The van der Waals surface area contributed by atoms with Gasteiger partial charge < -0.3 is 44.8 Å². The largest absolute Gasteiger partial charge is 0.479 e. The number of carbonyl (C=O) groups excluding carboxylic acids is 1. The normalized spacial score (nSPS) is 35.0. The highest BCUT2D eigenvalue weighted by Crippen LogP contribution is 2.55. The van der Waals surface area contributed by atoms with Crippen molar-refractivity contribution in [3.63, 3.8) is 0 Å². The highest BCUT2D eigenvalue weighted by Gasteiger charge is 2.84. The lowest BCUT2D eigenvalue weighted by Crippen LogP contribution is -2.78. The molecule has 0 saturated carbocycles. The minimum absolute atomic E-state index is 0.150. The van der Waals surface area contributed by atoms with Gasteiger partial charge in [0.15, 0.2) is 5.79 Å². The van der Waals surface area contributed by atoms with E-state index in [0.717, 1.165) is 12.7 Å². The number of carboxylic acids is 2. The van der Waals surface area contributed by atoms with Gasteiger partial charge in [0, 0.05) is 6.42 Å². The van der Waals surface area contributed by atoms with Crippen molar-refractivity contribution in [3.05, 3.63) is 48.0 Å². The number of aliphatic hydroxyl groups is 4. The van der Waals surface area contributed by atoms with E-state index in [4.69, 9.17) is 9.47 Å². The lowest BCUT2D eigenvalue weighted by molar-refractivity contribution is -0.374. The van der Waals surface area contributed by atoms with Crippen molar-refractivity contribution in [2.45, 2.75) is 67.6 Å². The second-order valence-electron chi connectivity index (χ2n) is 9.21. The Balaban J connectivity index is 1.88. The number of aliphatic carboxylic acids is 2. The SMILES string of the molecule is C=C(CCC12OC(C(=O)O)C(O)(C(=O)OC)C(C(=O)O)(O1)C(O)C2O)C(O)C(C)Cc1ccccc1. The van der Waals surface area contributed by atoms with Gasteiger partial charge in [-0.25, -0.2) is 14.4 Å². The number of carboxylic acid groups (broad SMARTS) is 2. The van der Waals surface area contributed by atoms with E-state index in [2.05, 4.69) is 11.3 Å². The fraction of sp³-hybridized carbons (Fsp3) is 0.542. The Bertz CT molecular complexity index is 1030. The molecule has 0 aromatic heterocycles. The van der Waals surface area contributed by atoms with Gasteiger partial charge in [-0.2, -0.15) is 0 Å². The van der Waals surface area contributed by atoms with Crippen LogP contribution in [0.25, 0.3) is 0 Å². The maximum Gasteiger partial charge on any atom is 0.345 e. The molecule has 2 bridgehead atoms. The molecule has 0 radical (unpaired) electrons. The van der Waals surface area contributed by atoms with Gasteiger partial charge in [0.1, 0.15) is 12.2 Å². The molecule has 8 unspecified atom stereocenters. The number of fused-ring (bicyclic) bond motifs is 2. The van der Waals surface area contributed by atoms with E-state index in [1.54, 1.807) is 6.92 Å². The summed E-state index contributed by atoms with van der Waals surface area (Å²) >= 11 is 0. The Morgan fingerprint density at radius 1 is 1.14 bits per heavy atom. The number of carbonyl (C=O) groups is 3. The molecule has 2 saturated heterocycles. The van der Waals surface area contributed by atoms with Crippen LogP contribution in [0.15, 0.2) is 42.5 Å². The highest BCUT2D eigenvalue weighted by atomic mass is 16.8. The van der Waals surface area contributed by atoms with E-state index in [9.17, 15) is 45.0 Å². The van der Waals surface area contributed by atoms with Crippen LogP contribution in [0.4, 0.5) is 0 Å². The Hall–Kier alpha value is -2.87. The summed E-state index contributed by atoms with van der Waals surface area (Å²) in [7, 11) is 0.760. The van der Waals surface area contributed by atoms with Crippen LogP contribution in [-0.2, 0) is 35.0 Å². The molecule has 0 spiro atoms. The second-order valence-corrected chi connectivity index (χ2v) is 9.21. The van der Waals surface area contributed by atoms with Crippen LogP contribution in [0, 0.1) is 5.92 Å². The van der Waals surface area contributed by atoms with Crippen LogP contribution in [-0.4, -0.2) is 97.1 Å². The summed E-state index contributed by atoms with van der Waals surface area (Å²) in [5.41, 5.74) is -5.67. The molecule has 0 amide bonds. The molecule has 0 aliphatic carbocycles. The monoisotopic (exact) mass is 510 g/mol. The zero-order valence-electron chi connectivity index (χ0n) is 19.7. The minimum Gasteiger partial charge on any atom is -0.479 e. The van der Waals surface area contributed by atoms with Crippen LogP contribution in [0.1, 0.15) is 25.3 Å². The molecule has 1 aromatic carbocycles. The van der Waals surface area contributed by atoms with Crippen LogP contribution < -0.4 is 0 Å². The first-order chi connectivity index (χ1) is 16.8. The standard InChI is InChI=1S/C24H30O12/c1-12(15(25)13(2)11-14-7-5-4-6-8-14)9-10-22-16(26)17(27)24(36-22,20(30)31)23(33,21(32)34-3)18(35-22)19(28)29/h4-8,13,15-18,25-27,33H,1,9-11H2,2-3H3,(H,28,29)(H,30,31). The van der Waals surface area contributed by atoms with Gasteiger partial charge >= 0.3 is 17.9 Å². The number of methoxy groups -OCH3 is 1. The van der Waals surface area contributed by atoms with E-state index in [1.165, 1.54) is 0 Å². The predicted molar refractivity (Wildman–Crippen MR) is 119 cm³/mol. The molecule has 2 heterocycles. The van der Waals surface area contributed by atoms with E-state index in [1.807, 2.05) is 30.3 Å². The molecule has 36 heavy (non-hydrogen) atoms. The number of esters is 1. The quantitative estimate of drug-likeness (QED) is 0.170. The number of hydrogen-bond acceptors (Lipinski definition) is 10. The molecule has 12 heteroatoms. The second kappa shape index (κ2) is 9.88. The molecule has 6 N–H and O–H groups in total. The van der Waals surface area contributed by atoms with E-state index in [-0.39, 0.29) is 17.9 Å². The Morgan fingerprint density at radius 2 is 1.75 bits per heavy atom. The van der Waals surface area contributed by atoms with Crippen molar-refractivity contribution >= 4 is 17.9 Å².